The van der Waals surface area contributed by atoms with Crippen molar-refractivity contribution in [3.63, 3.8) is 0 Å². The average Bonchev–Trinajstić information content (AvgIpc) is 2.70. The van der Waals surface area contributed by atoms with Gasteiger partial charge < -0.3 is 15.4 Å². The number of hydrogen-bond donors (Lipinski definition) is 2. The number of hydrogen-bond acceptors (Lipinski definition) is 4. The van der Waals surface area contributed by atoms with Crippen LogP contribution in [0.4, 0.5) is 5.69 Å². The molecule has 5 nitrogen and oxygen atoms in total. The Labute approximate surface area is 151 Å². The highest BCUT2D eigenvalue weighted by Gasteiger charge is 2.10. The van der Waals surface area contributed by atoms with Crippen LogP contribution in [-0.2, 0) is 11.3 Å². The van der Waals surface area contributed by atoms with Gasteiger partial charge >= 0.3 is 0 Å². The molecule has 0 heterocycles. The summed E-state index contributed by atoms with van der Waals surface area (Å²) in [4.78, 5) is 23.1. The van der Waals surface area contributed by atoms with Crippen molar-refractivity contribution in [1.82, 2.24) is 5.32 Å². The second kappa shape index (κ2) is 7.95. The molecule has 0 aliphatic heterocycles. The quantitative estimate of drug-likeness (QED) is 0.673. The summed E-state index contributed by atoms with van der Waals surface area (Å²) in [6.45, 7) is 0.635. The van der Waals surface area contributed by atoms with Crippen LogP contribution in [0.2, 0.25) is 0 Å². The Morgan fingerprint density at radius 3 is 2.62 bits per heavy atom. The molecule has 0 atom stereocenters. The molecule has 0 aliphatic carbocycles. The normalized spacial score (nSPS) is 10.1. The van der Waals surface area contributed by atoms with Crippen LogP contribution < -0.4 is 10.6 Å². The number of nitrogens with one attached hydrogen (secondary N) is 2. The minimum absolute atomic E-state index is 0.159. The zero-order valence-corrected chi connectivity index (χ0v) is 14.0. The third-order valence-corrected chi connectivity index (χ3v) is 4.05. The molecule has 5 heteroatoms. The second-order valence-corrected chi connectivity index (χ2v) is 5.78. The minimum Gasteiger partial charge on any atom is -0.378 e. The first kappa shape index (κ1) is 17.2. The Balaban J connectivity index is 1.76. The maximum absolute atomic E-state index is 12.6. The third kappa shape index (κ3) is 3.87. The third-order valence-electron chi connectivity index (χ3n) is 4.05. The lowest BCUT2D eigenvalue weighted by Crippen LogP contribution is -2.23. The van der Waals surface area contributed by atoms with E-state index < -0.39 is 0 Å². The molecule has 2 N–H and O–H groups in total. The van der Waals surface area contributed by atoms with Crippen molar-refractivity contribution in [2.24, 2.45) is 0 Å². The summed E-state index contributed by atoms with van der Waals surface area (Å²) in [7, 11) is 0. The van der Waals surface area contributed by atoms with E-state index in [1.54, 1.807) is 18.2 Å². The fraction of sp³-hybridized carbons (Fsp3) is 0.0952. The van der Waals surface area contributed by atoms with Crippen molar-refractivity contribution in [3.05, 3.63) is 77.4 Å². The van der Waals surface area contributed by atoms with Crippen LogP contribution in [0.15, 0.2) is 60.7 Å². The summed E-state index contributed by atoms with van der Waals surface area (Å²) >= 11 is 0. The molecule has 0 radical (unpaired) electrons. The van der Waals surface area contributed by atoms with Crippen molar-refractivity contribution in [2.75, 3.05) is 11.9 Å². The molecule has 0 unspecified atom stereocenters. The number of amides is 1. The molecule has 1 amide bonds. The fourth-order valence-corrected chi connectivity index (χ4v) is 2.73. The molecule has 0 fully saturated rings. The average molecular weight is 343 g/mol. The van der Waals surface area contributed by atoms with Crippen LogP contribution in [0.1, 0.15) is 21.5 Å². The van der Waals surface area contributed by atoms with E-state index in [4.69, 9.17) is 5.26 Å². The molecule has 26 heavy (non-hydrogen) atoms. The maximum atomic E-state index is 12.6. The Kier molecular flexibility index (Phi) is 5.25. The summed E-state index contributed by atoms with van der Waals surface area (Å²) in [5.74, 6) is -0.159. The van der Waals surface area contributed by atoms with Gasteiger partial charge in [0, 0.05) is 17.8 Å². The molecule has 3 aromatic rings. The van der Waals surface area contributed by atoms with Crippen LogP contribution in [0.3, 0.4) is 0 Å². The van der Waals surface area contributed by atoms with E-state index in [-0.39, 0.29) is 12.5 Å². The van der Waals surface area contributed by atoms with E-state index in [9.17, 15) is 9.59 Å². The summed E-state index contributed by atoms with van der Waals surface area (Å²) in [6.07, 6.45) is 0.803. The number of fused-ring (bicyclic) bond motifs is 1. The first-order valence-electron chi connectivity index (χ1n) is 8.19. The second-order valence-electron chi connectivity index (χ2n) is 5.78. The van der Waals surface area contributed by atoms with Gasteiger partial charge in [-0.05, 0) is 46.7 Å². The topological polar surface area (TPSA) is 82.0 Å². The highest BCUT2D eigenvalue weighted by atomic mass is 16.1. The van der Waals surface area contributed by atoms with Gasteiger partial charge in [-0.15, -0.1) is 0 Å². The van der Waals surface area contributed by atoms with Gasteiger partial charge in [-0.1, -0.05) is 30.3 Å². The van der Waals surface area contributed by atoms with E-state index in [0.717, 1.165) is 28.3 Å². The molecule has 0 saturated carbocycles. The Bertz CT molecular complexity index is 988. The Morgan fingerprint density at radius 1 is 1.08 bits per heavy atom. The molecule has 0 bridgehead atoms. The van der Waals surface area contributed by atoms with E-state index in [2.05, 4.69) is 16.7 Å². The number of carbonyl (C=O) groups excluding carboxylic acids is 2. The number of rotatable bonds is 6. The van der Waals surface area contributed by atoms with Gasteiger partial charge in [-0.25, -0.2) is 0 Å². The van der Waals surface area contributed by atoms with E-state index in [1.807, 2.05) is 42.5 Å². The molecule has 3 aromatic carbocycles. The smallest absolute Gasteiger partial charge is 0.252 e. The summed E-state index contributed by atoms with van der Waals surface area (Å²) in [5.41, 5.74) is 2.95. The zero-order chi connectivity index (χ0) is 18.4. The summed E-state index contributed by atoms with van der Waals surface area (Å²) in [6, 6.07) is 20.4. The fourth-order valence-electron chi connectivity index (χ4n) is 2.73. The van der Waals surface area contributed by atoms with Gasteiger partial charge in [0.25, 0.3) is 5.91 Å². The van der Waals surface area contributed by atoms with E-state index in [0.29, 0.717) is 17.7 Å². The monoisotopic (exact) mass is 343 g/mol. The van der Waals surface area contributed by atoms with Gasteiger partial charge in [0.15, 0.2) is 0 Å². The minimum atomic E-state index is -0.159. The largest absolute Gasteiger partial charge is 0.378 e. The Morgan fingerprint density at radius 2 is 1.88 bits per heavy atom. The van der Waals surface area contributed by atoms with Gasteiger partial charge in [-0.2, -0.15) is 5.26 Å². The molecule has 3 rings (SSSR count). The van der Waals surface area contributed by atoms with Crippen LogP contribution in [-0.4, -0.2) is 18.7 Å². The lowest BCUT2D eigenvalue weighted by Gasteiger charge is -2.10. The zero-order valence-electron chi connectivity index (χ0n) is 14.0. The van der Waals surface area contributed by atoms with E-state index >= 15 is 0 Å². The van der Waals surface area contributed by atoms with Crippen molar-refractivity contribution in [3.8, 4) is 6.07 Å². The number of nitriles is 1. The van der Waals surface area contributed by atoms with Crippen LogP contribution in [0, 0.1) is 11.3 Å². The van der Waals surface area contributed by atoms with Crippen LogP contribution in [0.5, 0.6) is 0 Å². The number of anilines is 1. The van der Waals surface area contributed by atoms with Crippen LogP contribution >= 0.6 is 0 Å². The standard InChI is InChI=1S/C21H17N3O2/c22-13-15-4-6-16(7-5-15)14-24-21(26)20-3-1-2-17-12-18(23-10-11-25)8-9-19(17)20/h1-9,11-12,23H,10,14H2,(H,24,26). The molecule has 0 aromatic heterocycles. The predicted molar refractivity (Wildman–Crippen MR) is 101 cm³/mol. The predicted octanol–water partition coefficient (Wildman–Crippen LogP) is 3.25. The molecular weight excluding hydrogens is 326 g/mol. The number of nitrogens with zero attached hydrogens (tertiary/aromatic N) is 1. The number of aldehydes is 1. The van der Waals surface area contributed by atoms with Crippen molar-refractivity contribution in [1.29, 1.82) is 5.26 Å². The molecule has 128 valence electrons. The lowest BCUT2D eigenvalue weighted by molar-refractivity contribution is -0.106. The SMILES string of the molecule is N#Cc1ccc(CNC(=O)c2cccc3cc(NCC=O)ccc23)cc1. The van der Waals surface area contributed by atoms with Crippen molar-refractivity contribution in [2.45, 2.75) is 6.54 Å². The van der Waals surface area contributed by atoms with Crippen LogP contribution in [0.25, 0.3) is 10.8 Å². The van der Waals surface area contributed by atoms with Gasteiger partial charge in [-0.3, -0.25) is 4.79 Å². The first-order chi connectivity index (χ1) is 12.7. The van der Waals surface area contributed by atoms with Crippen molar-refractivity contribution >= 4 is 28.7 Å². The number of carbonyl (C=O) groups is 2. The summed E-state index contributed by atoms with van der Waals surface area (Å²) in [5, 5.41) is 16.5. The molecule has 0 saturated heterocycles. The van der Waals surface area contributed by atoms with E-state index in [1.165, 1.54) is 0 Å². The van der Waals surface area contributed by atoms with Crippen molar-refractivity contribution < 1.29 is 9.59 Å². The highest BCUT2D eigenvalue weighted by molar-refractivity contribution is 6.07. The van der Waals surface area contributed by atoms with Gasteiger partial charge in [0.05, 0.1) is 18.2 Å². The Hall–Kier alpha value is -3.65. The summed E-state index contributed by atoms with van der Waals surface area (Å²) < 4.78 is 0. The van der Waals surface area contributed by atoms with Gasteiger partial charge in [0.1, 0.15) is 6.29 Å². The highest BCUT2D eigenvalue weighted by Crippen LogP contribution is 2.22. The molecule has 0 aliphatic rings. The van der Waals surface area contributed by atoms with Gasteiger partial charge in [0.2, 0.25) is 0 Å². The first-order valence-corrected chi connectivity index (χ1v) is 8.19. The molecule has 0 spiro atoms. The lowest BCUT2D eigenvalue weighted by atomic mass is 10.0. The number of benzene rings is 3. The molecular formula is C21H17N3O2. The maximum Gasteiger partial charge on any atom is 0.252 e.